The van der Waals surface area contributed by atoms with Crippen molar-refractivity contribution < 1.29 is 4.74 Å². The predicted molar refractivity (Wildman–Crippen MR) is 102 cm³/mol. The third kappa shape index (κ3) is 5.45. The monoisotopic (exact) mass is 354 g/mol. The maximum Gasteiger partial charge on any atom is 0.0945 e. The number of ether oxygens (including phenoxy) is 1. The first-order valence-corrected chi connectivity index (χ1v) is 8.97. The summed E-state index contributed by atoms with van der Waals surface area (Å²) in [7, 11) is 0. The number of aryl methyl sites for hydroxylation is 2. The minimum Gasteiger partial charge on any atom is -0.369 e. The average molecular weight is 355 g/mol. The average Bonchev–Trinajstić information content (AvgIpc) is 3.14. The van der Waals surface area contributed by atoms with Crippen molar-refractivity contribution in [3.8, 4) is 0 Å². The number of benzene rings is 2. The Balaban J connectivity index is 1.62. The number of nitrogens with zero attached hydrogens (tertiary/aromatic N) is 2. The third-order valence-corrected chi connectivity index (χ3v) is 4.51. The van der Waals surface area contributed by atoms with Crippen molar-refractivity contribution in [2.24, 2.45) is 0 Å². The Morgan fingerprint density at radius 1 is 1.08 bits per heavy atom. The van der Waals surface area contributed by atoms with E-state index in [0.717, 1.165) is 24.4 Å². The summed E-state index contributed by atoms with van der Waals surface area (Å²) in [5.41, 5.74) is 3.62. The molecule has 3 nitrogen and oxygen atoms in total. The summed E-state index contributed by atoms with van der Waals surface area (Å²) < 4.78 is 8.34. The smallest absolute Gasteiger partial charge is 0.0945 e. The Morgan fingerprint density at radius 2 is 1.84 bits per heavy atom. The molecule has 0 amide bonds. The van der Waals surface area contributed by atoms with Crippen LogP contribution in [0.3, 0.4) is 0 Å². The van der Waals surface area contributed by atoms with Crippen LogP contribution >= 0.6 is 11.6 Å². The highest BCUT2D eigenvalue weighted by Gasteiger charge is 2.12. The molecule has 1 atom stereocenters. The van der Waals surface area contributed by atoms with Crippen LogP contribution < -0.4 is 0 Å². The van der Waals surface area contributed by atoms with Gasteiger partial charge in [0, 0.05) is 24.0 Å². The van der Waals surface area contributed by atoms with Gasteiger partial charge in [-0.05, 0) is 43.0 Å². The molecule has 0 aliphatic heterocycles. The molecule has 4 heteroatoms. The zero-order chi connectivity index (χ0) is 17.5. The van der Waals surface area contributed by atoms with Gasteiger partial charge in [0.1, 0.15) is 0 Å². The maximum absolute atomic E-state index is 6.25. The second kappa shape index (κ2) is 8.84. The van der Waals surface area contributed by atoms with Crippen molar-refractivity contribution in [3.63, 3.8) is 0 Å². The molecule has 0 radical (unpaired) electrons. The number of hydrogen-bond donors (Lipinski definition) is 0. The second-order valence-electron chi connectivity index (χ2n) is 6.28. The lowest BCUT2D eigenvalue weighted by Crippen LogP contribution is -2.07. The molecule has 3 aromatic rings. The minimum absolute atomic E-state index is 0.0575. The van der Waals surface area contributed by atoms with Crippen LogP contribution in [0.2, 0.25) is 5.02 Å². The highest BCUT2D eigenvalue weighted by Crippen LogP contribution is 2.26. The van der Waals surface area contributed by atoms with Gasteiger partial charge in [-0.3, -0.25) is 0 Å². The van der Waals surface area contributed by atoms with Crippen molar-refractivity contribution >= 4 is 11.6 Å². The lowest BCUT2D eigenvalue weighted by molar-refractivity contribution is 0.0318. The van der Waals surface area contributed by atoms with Crippen molar-refractivity contribution in [2.75, 3.05) is 0 Å². The summed E-state index contributed by atoms with van der Waals surface area (Å²) in [5.74, 6) is 0. The van der Waals surface area contributed by atoms with Crippen molar-refractivity contribution in [3.05, 3.63) is 89.0 Å². The summed E-state index contributed by atoms with van der Waals surface area (Å²) in [6.45, 7) is 3.65. The molecule has 1 aromatic heterocycles. The molecule has 0 saturated carbocycles. The predicted octanol–water partition coefficient (Wildman–Crippen LogP) is 5.58. The SMILES string of the molecule is Cc1ccc(COC(CCCn2ccnc2)c2ccc(Cl)cc2)cc1. The van der Waals surface area contributed by atoms with Crippen LogP contribution in [-0.2, 0) is 17.9 Å². The summed E-state index contributed by atoms with van der Waals surface area (Å²) in [4.78, 5) is 4.09. The van der Waals surface area contributed by atoms with Gasteiger partial charge in [-0.1, -0.05) is 53.6 Å². The van der Waals surface area contributed by atoms with Gasteiger partial charge in [0.2, 0.25) is 0 Å². The molecule has 0 N–H and O–H groups in total. The van der Waals surface area contributed by atoms with Gasteiger partial charge in [-0.25, -0.2) is 4.98 Å². The molecule has 0 spiro atoms. The largest absolute Gasteiger partial charge is 0.369 e. The molecule has 2 aromatic carbocycles. The molecule has 0 bridgehead atoms. The summed E-state index contributed by atoms with van der Waals surface area (Å²) >= 11 is 6.02. The molecule has 0 aliphatic carbocycles. The highest BCUT2D eigenvalue weighted by atomic mass is 35.5. The lowest BCUT2D eigenvalue weighted by atomic mass is 10.0. The summed E-state index contributed by atoms with van der Waals surface area (Å²) in [5, 5.41) is 0.749. The standard InChI is InChI=1S/C21H23ClN2O/c1-17-4-6-18(7-5-17)15-25-21(19-8-10-20(22)11-9-19)3-2-13-24-14-12-23-16-24/h4-12,14,16,21H,2-3,13,15H2,1H3. The molecule has 0 aliphatic rings. The highest BCUT2D eigenvalue weighted by molar-refractivity contribution is 6.30. The van der Waals surface area contributed by atoms with E-state index in [9.17, 15) is 0 Å². The molecule has 1 heterocycles. The van der Waals surface area contributed by atoms with Crippen LogP contribution in [0, 0.1) is 6.92 Å². The molecule has 130 valence electrons. The van der Waals surface area contributed by atoms with Crippen LogP contribution in [0.5, 0.6) is 0 Å². The fraction of sp³-hybridized carbons (Fsp3) is 0.286. The number of aromatic nitrogens is 2. The minimum atomic E-state index is 0.0575. The van der Waals surface area contributed by atoms with Gasteiger partial charge < -0.3 is 9.30 Å². The van der Waals surface area contributed by atoms with E-state index < -0.39 is 0 Å². The first-order chi connectivity index (χ1) is 12.2. The van der Waals surface area contributed by atoms with Crippen LogP contribution in [0.15, 0.2) is 67.3 Å². The van der Waals surface area contributed by atoms with E-state index in [0.29, 0.717) is 6.61 Å². The summed E-state index contributed by atoms with van der Waals surface area (Å²) in [6, 6.07) is 16.5. The third-order valence-electron chi connectivity index (χ3n) is 4.26. The first kappa shape index (κ1) is 17.7. The van der Waals surface area contributed by atoms with Gasteiger partial charge in [0.05, 0.1) is 19.0 Å². The normalized spacial score (nSPS) is 12.2. The molecular formula is C21H23ClN2O. The van der Waals surface area contributed by atoms with Crippen LogP contribution in [0.25, 0.3) is 0 Å². The number of halogens is 1. The zero-order valence-corrected chi connectivity index (χ0v) is 15.2. The zero-order valence-electron chi connectivity index (χ0n) is 14.4. The Kier molecular flexibility index (Phi) is 6.26. The van der Waals surface area contributed by atoms with E-state index in [2.05, 4.69) is 52.9 Å². The Morgan fingerprint density at radius 3 is 2.52 bits per heavy atom. The van der Waals surface area contributed by atoms with Crippen LogP contribution in [0.1, 0.15) is 35.6 Å². The first-order valence-electron chi connectivity index (χ1n) is 8.59. The van der Waals surface area contributed by atoms with E-state index in [-0.39, 0.29) is 6.10 Å². The summed E-state index contributed by atoms with van der Waals surface area (Å²) in [6.07, 6.45) is 7.69. The van der Waals surface area contributed by atoms with E-state index in [1.165, 1.54) is 16.7 Å². The quantitative estimate of drug-likeness (QED) is 0.527. The Bertz CT molecular complexity index is 752. The van der Waals surface area contributed by atoms with Gasteiger partial charge in [-0.2, -0.15) is 0 Å². The van der Waals surface area contributed by atoms with Gasteiger partial charge in [0.15, 0.2) is 0 Å². The second-order valence-corrected chi connectivity index (χ2v) is 6.72. The molecule has 25 heavy (non-hydrogen) atoms. The van der Waals surface area contributed by atoms with Crippen LogP contribution in [-0.4, -0.2) is 9.55 Å². The molecule has 3 rings (SSSR count). The Hall–Kier alpha value is -2.10. The molecule has 1 unspecified atom stereocenters. The molecule has 0 fully saturated rings. The number of rotatable bonds is 8. The molecule has 0 saturated heterocycles. The van der Waals surface area contributed by atoms with Crippen molar-refractivity contribution in [2.45, 2.75) is 39.0 Å². The maximum atomic E-state index is 6.25. The lowest BCUT2D eigenvalue weighted by Gasteiger charge is -2.19. The van der Waals surface area contributed by atoms with Gasteiger partial charge in [0.25, 0.3) is 0 Å². The van der Waals surface area contributed by atoms with Gasteiger partial charge in [-0.15, -0.1) is 0 Å². The van der Waals surface area contributed by atoms with E-state index in [4.69, 9.17) is 16.3 Å². The molecular weight excluding hydrogens is 332 g/mol. The van der Waals surface area contributed by atoms with Gasteiger partial charge >= 0.3 is 0 Å². The van der Waals surface area contributed by atoms with E-state index in [1.807, 2.05) is 30.9 Å². The van der Waals surface area contributed by atoms with E-state index in [1.54, 1.807) is 0 Å². The fourth-order valence-corrected chi connectivity index (χ4v) is 2.91. The number of imidazole rings is 1. The van der Waals surface area contributed by atoms with Crippen molar-refractivity contribution in [1.82, 2.24) is 9.55 Å². The number of hydrogen-bond acceptors (Lipinski definition) is 2. The Labute approximate surface area is 154 Å². The van der Waals surface area contributed by atoms with E-state index >= 15 is 0 Å². The van der Waals surface area contributed by atoms with Crippen LogP contribution in [0.4, 0.5) is 0 Å². The van der Waals surface area contributed by atoms with Crippen molar-refractivity contribution in [1.29, 1.82) is 0 Å². The topological polar surface area (TPSA) is 27.1 Å². The fourth-order valence-electron chi connectivity index (χ4n) is 2.78.